The Hall–Kier alpha value is -2.60. The van der Waals surface area contributed by atoms with Crippen LogP contribution in [0.1, 0.15) is 57.2 Å². The van der Waals surface area contributed by atoms with E-state index in [9.17, 15) is 13.2 Å². The molecule has 0 radical (unpaired) electrons. The highest BCUT2D eigenvalue weighted by molar-refractivity contribution is 7.04. The number of aromatic nitrogens is 1. The molecule has 0 saturated heterocycles. The van der Waals surface area contributed by atoms with E-state index in [1.807, 2.05) is 10.2 Å². The van der Waals surface area contributed by atoms with Crippen molar-refractivity contribution < 1.29 is 17.9 Å². The number of nitrogens with zero attached hydrogens (tertiary/aromatic N) is 4. The van der Waals surface area contributed by atoms with Gasteiger partial charge in [0.2, 0.25) is 6.19 Å². The van der Waals surface area contributed by atoms with E-state index in [2.05, 4.69) is 37.7 Å². The Bertz CT molecular complexity index is 1020. The molecule has 0 amide bonds. The predicted octanol–water partition coefficient (Wildman–Crippen LogP) is 5.50. The fraction of sp³-hybridized carbons (Fsp3) is 0.476. The molecule has 1 aromatic heterocycles. The van der Waals surface area contributed by atoms with E-state index in [4.69, 9.17) is 10.00 Å². The van der Waals surface area contributed by atoms with Gasteiger partial charge in [0.25, 0.3) is 0 Å². The topological polar surface area (TPSA) is 62.7 Å². The molecule has 2 rings (SSSR count). The summed E-state index contributed by atoms with van der Waals surface area (Å²) < 4.78 is 47.6. The van der Waals surface area contributed by atoms with Gasteiger partial charge in [0.15, 0.2) is 5.84 Å². The molecule has 0 aliphatic heterocycles. The number of aryl methyl sites for hydroxylation is 1. The van der Waals surface area contributed by atoms with E-state index in [1.54, 1.807) is 6.19 Å². The Kier molecular flexibility index (Phi) is 7.48. The fourth-order valence-electron chi connectivity index (χ4n) is 2.68. The van der Waals surface area contributed by atoms with E-state index < -0.39 is 11.7 Å². The van der Waals surface area contributed by atoms with Gasteiger partial charge < -0.3 is 4.74 Å². The second kappa shape index (κ2) is 9.47. The van der Waals surface area contributed by atoms with Crippen molar-refractivity contribution in [3.63, 3.8) is 0 Å². The molecule has 1 heterocycles. The fourth-order valence-corrected chi connectivity index (χ4v) is 3.72. The number of alkyl halides is 3. The Morgan fingerprint density at radius 3 is 2.50 bits per heavy atom. The lowest BCUT2D eigenvalue weighted by Gasteiger charge is -2.19. The summed E-state index contributed by atoms with van der Waals surface area (Å²) >= 11 is 1.39. The Morgan fingerprint density at radius 2 is 1.97 bits per heavy atom. The molecular weight excluding hydrogens is 413 g/mol. The summed E-state index contributed by atoms with van der Waals surface area (Å²) in [5.41, 5.74) is -0.0551. The number of methoxy groups -OCH3 is 1. The number of halogens is 3. The minimum atomic E-state index is -4.54. The third kappa shape index (κ3) is 5.72. The van der Waals surface area contributed by atoms with Gasteiger partial charge in [0.05, 0.1) is 18.2 Å². The molecule has 0 fully saturated rings. The number of ether oxygens (including phenoxy) is 1. The normalized spacial score (nSPS) is 13.4. The third-order valence-corrected chi connectivity index (χ3v) is 5.70. The second-order valence-electron chi connectivity index (χ2n) is 7.71. The smallest absolute Gasteiger partial charge is 0.416 e. The zero-order chi connectivity index (χ0) is 22.5. The Balaban J connectivity index is 2.72. The largest absolute Gasteiger partial charge is 0.496 e. The highest BCUT2D eigenvalue weighted by Crippen LogP contribution is 2.33. The van der Waals surface area contributed by atoms with E-state index in [0.717, 1.165) is 37.0 Å². The monoisotopic (exact) mass is 438 g/mol. The van der Waals surface area contributed by atoms with Crippen molar-refractivity contribution in [2.75, 3.05) is 7.11 Å². The van der Waals surface area contributed by atoms with Crippen LogP contribution in [0.15, 0.2) is 34.4 Å². The SMILES string of the molecule is CCCCc1cn(C(C)(C)C)s/c1=N\C(=NC#N)c1cc(C(F)(F)F)ccc1OC. The van der Waals surface area contributed by atoms with Gasteiger partial charge in [-0.15, -0.1) is 0 Å². The van der Waals surface area contributed by atoms with Crippen molar-refractivity contribution in [3.05, 3.63) is 45.8 Å². The van der Waals surface area contributed by atoms with Crippen LogP contribution in [-0.4, -0.2) is 16.9 Å². The predicted molar refractivity (Wildman–Crippen MR) is 112 cm³/mol. The number of hydrogen-bond donors (Lipinski definition) is 0. The first-order valence-corrected chi connectivity index (χ1v) is 10.3. The van der Waals surface area contributed by atoms with Crippen molar-refractivity contribution in [1.29, 1.82) is 5.26 Å². The number of aliphatic imine (C=N–C) groups is 1. The van der Waals surface area contributed by atoms with Crippen LogP contribution in [0.3, 0.4) is 0 Å². The zero-order valence-corrected chi connectivity index (χ0v) is 18.5. The van der Waals surface area contributed by atoms with Crippen molar-refractivity contribution in [2.45, 2.75) is 58.7 Å². The van der Waals surface area contributed by atoms with Gasteiger partial charge in [0.1, 0.15) is 10.4 Å². The molecule has 9 heteroatoms. The van der Waals surface area contributed by atoms with E-state index in [0.29, 0.717) is 4.67 Å². The first-order valence-electron chi connectivity index (χ1n) is 9.50. The molecule has 30 heavy (non-hydrogen) atoms. The molecule has 2 aromatic rings. The molecule has 0 saturated carbocycles. The molecule has 0 spiro atoms. The number of benzene rings is 1. The lowest BCUT2D eigenvalue weighted by atomic mass is 10.1. The van der Waals surface area contributed by atoms with Gasteiger partial charge in [0, 0.05) is 17.3 Å². The molecule has 0 unspecified atom stereocenters. The lowest BCUT2D eigenvalue weighted by Crippen LogP contribution is -2.18. The number of nitriles is 1. The summed E-state index contributed by atoms with van der Waals surface area (Å²) in [5.74, 6) is 0.0530. The summed E-state index contributed by atoms with van der Waals surface area (Å²) in [6.07, 6.45) is 1.83. The van der Waals surface area contributed by atoms with E-state index in [1.165, 1.54) is 24.7 Å². The first-order chi connectivity index (χ1) is 14.0. The van der Waals surface area contributed by atoms with Gasteiger partial charge in [-0.3, -0.25) is 3.96 Å². The second-order valence-corrected chi connectivity index (χ2v) is 8.67. The quantitative estimate of drug-likeness (QED) is 0.351. The van der Waals surface area contributed by atoms with Gasteiger partial charge >= 0.3 is 6.18 Å². The van der Waals surface area contributed by atoms with Crippen molar-refractivity contribution in [2.24, 2.45) is 9.98 Å². The number of amidine groups is 1. The summed E-state index contributed by atoms with van der Waals surface area (Å²) in [6.45, 7) is 8.24. The minimum absolute atomic E-state index is 0.0195. The molecule has 0 aliphatic rings. The van der Waals surface area contributed by atoms with Gasteiger partial charge in [-0.1, -0.05) is 13.3 Å². The summed E-state index contributed by atoms with van der Waals surface area (Å²) in [4.78, 5) is 8.24. The lowest BCUT2D eigenvalue weighted by molar-refractivity contribution is -0.137. The number of unbranched alkanes of at least 4 members (excludes halogenated alkanes) is 1. The minimum Gasteiger partial charge on any atom is -0.496 e. The maximum absolute atomic E-state index is 13.2. The van der Waals surface area contributed by atoms with Crippen molar-refractivity contribution in [3.8, 4) is 11.9 Å². The van der Waals surface area contributed by atoms with Crippen LogP contribution in [0.25, 0.3) is 0 Å². The average Bonchev–Trinajstić information content (AvgIpc) is 3.08. The van der Waals surface area contributed by atoms with Crippen LogP contribution < -0.4 is 9.41 Å². The molecule has 5 nitrogen and oxygen atoms in total. The van der Waals surface area contributed by atoms with Crippen LogP contribution >= 0.6 is 11.5 Å². The maximum Gasteiger partial charge on any atom is 0.416 e. The third-order valence-electron chi connectivity index (χ3n) is 4.32. The van der Waals surface area contributed by atoms with Gasteiger partial charge in [-0.05, 0) is 63.3 Å². The molecule has 0 aliphatic carbocycles. The summed E-state index contributed by atoms with van der Waals surface area (Å²) in [6, 6.07) is 3.05. The van der Waals surface area contributed by atoms with Crippen molar-refractivity contribution >= 4 is 17.4 Å². The average molecular weight is 439 g/mol. The Morgan fingerprint density at radius 1 is 1.27 bits per heavy atom. The van der Waals surface area contributed by atoms with E-state index >= 15 is 0 Å². The van der Waals surface area contributed by atoms with Crippen LogP contribution in [0, 0.1) is 11.5 Å². The molecule has 0 bridgehead atoms. The maximum atomic E-state index is 13.2. The highest BCUT2D eigenvalue weighted by Gasteiger charge is 2.32. The number of hydrogen-bond acceptors (Lipinski definition) is 4. The summed E-state index contributed by atoms with van der Waals surface area (Å²) in [7, 11) is 1.35. The molecule has 0 N–H and O–H groups in total. The zero-order valence-electron chi connectivity index (χ0n) is 17.7. The van der Waals surface area contributed by atoms with Gasteiger partial charge in [-0.2, -0.15) is 23.4 Å². The highest BCUT2D eigenvalue weighted by atomic mass is 32.1. The standard InChI is InChI=1S/C21H25F3N4OS/c1-6-7-8-14-12-28(20(2,3)4)30-19(14)27-18(26-13-25)16-11-15(21(22,23)24)9-10-17(16)29-5/h9-12H,6-8H2,1-5H3/b26-18?,27-19-. The molecule has 162 valence electrons. The summed E-state index contributed by atoms with van der Waals surface area (Å²) in [5, 5.41) is 9.15. The molecular formula is C21H25F3N4OS. The molecule has 1 aromatic carbocycles. The van der Waals surface area contributed by atoms with E-state index in [-0.39, 0.29) is 22.7 Å². The number of rotatable bonds is 5. The molecule has 0 atom stereocenters. The van der Waals surface area contributed by atoms with Gasteiger partial charge in [-0.25, -0.2) is 4.99 Å². The first kappa shape index (κ1) is 23.7. The van der Waals surface area contributed by atoms with Crippen LogP contribution in [0.4, 0.5) is 13.2 Å². The van der Waals surface area contributed by atoms with Crippen molar-refractivity contribution in [1.82, 2.24) is 3.96 Å². The van der Waals surface area contributed by atoms with Crippen LogP contribution in [0.5, 0.6) is 5.75 Å². The van der Waals surface area contributed by atoms with Crippen LogP contribution in [0.2, 0.25) is 0 Å². The Labute approximate surface area is 178 Å². The van der Waals surface area contributed by atoms with Crippen LogP contribution in [-0.2, 0) is 18.1 Å².